The first-order chi connectivity index (χ1) is 6.90. The van der Waals surface area contributed by atoms with Crippen molar-refractivity contribution in [3.63, 3.8) is 0 Å². The molecule has 2 rings (SSSR count). The van der Waals surface area contributed by atoms with E-state index >= 15 is 0 Å². The summed E-state index contributed by atoms with van der Waals surface area (Å²) in [4.78, 5) is 4.16. The molecule has 0 unspecified atom stereocenters. The van der Waals surface area contributed by atoms with E-state index < -0.39 is 0 Å². The summed E-state index contributed by atoms with van der Waals surface area (Å²) in [5.41, 5.74) is 2.40. The average Bonchev–Trinajstić information content (AvgIpc) is 2.68. The molecule has 0 saturated heterocycles. The van der Waals surface area contributed by atoms with E-state index in [1.165, 1.54) is 0 Å². The van der Waals surface area contributed by atoms with Gasteiger partial charge in [-0.3, -0.25) is 10.1 Å². The van der Waals surface area contributed by atoms with Crippen molar-refractivity contribution in [1.29, 1.82) is 5.26 Å². The van der Waals surface area contributed by atoms with Crippen LogP contribution in [0, 0.1) is 11.3 Å². The number of aromatic amines is 1. The fourth-order valence-corrected chi connectivity index (χ4v) is 1.18. The molecule has 0 radical (unpaired) electrons. The zero-order valence-corrected chi connectivity index (χ0v) is 7.44. The Morgan fingerprint density at radius 2 is 2.29 bits per heavy atom. The van der Waals surface area contributed by atoms with Crippen molar-refractivity contribution in [3.8, 4) is 17.5 Å². The van der Waals surface area contributed by atoms with Crippen LogP contribution >= 0.6 is 0 Å². The van der Waals surface area contributed by atoms with Gasteiger partial charge in [0.2, 0.25) is 0 Å². The first-order valence-corrected chi connectivity index (χ1v) is 4.23. The molecule has 0 aliphatic heterocycles. The molecule has 1 N–H and O–H groups in total. The van der Waals surface area contributed by atoms with Crippen molar-refractivity contribution in [2.45, 2.75) is 6.42 Å². The number of nitrogens with zero attached hydrogens (tertiary/aromatic N) is 3. The lowest BCUT2D eigenvalue weighted by atomic mass is 10.2. The number of nitriles is 1. The SMILES string of the molecule is N#CCc1cc(-c2ccccn2)n[nH]1. The molecule has 0 amide bonds. The zero-order valence-electron chi connectivity index (χ0n) is 7.44. The molecule has 14 heavy (non-hydrogen) atoms. The van der Waals surface area contributed by atoms with Crippen LogP contribution in [0.2, 0.25) is 0 Å². The van der Waals surface area contributed by atoms with Gasteiger partial charge in [0.1, 0.15) is 5.69 Å². The minimum Gasteiger partial charge on any atom is -0.281 e. The maximum absolute atomic E-state index is 8.49. The van der Waals surface area contributed by atoms with E-state index in [9.17, 15) is 0 Å². The highest BCUT2D eigenvalue weighted by atomic mass is 15.1. The second-order valence-corrected chi connectivity index (χ2v) is 2.83. The number of aromatic nitrogens is 3. The first kappa shape index (κ1) is 8.45. The minimum atomic E-state index is 0.347. The van der Waals surface area contributed by atoms with Crippen LogP contribution in [0.3, 0.4) is 0 Å². The Labute approximate surface area is 81.2 Å². The topological polar surface area (TPSA) is 65.4 Å². The van der Waals surface area contributed by atoms with E-state index in [0.29, 0.717) is 6.42 Å². The van der Waals surface area contributed by atoms with Gasteiger partial charge < -0.3 is 0 Å². The van der Waals surface area contributed by atoms with Crippen molar-refractivity contribution >= 4 is 0 Å². The lowest BCUT2D eigenvalue weighted by Crippen LogP contribution is -1.80. The van der Waals surface area contributed by atoms with Gasteiger partial charge in [0, 0.05) is 11.9 Å². The summed E-state index contributed by atoms with van der Waals surface area (Å²) in [6, 6.07) is 9.53. The molecule has 2 aromatic heterocycles. The molecule has 2 heterocycles. The number of rotatable bonds is 2. The Kier molecular flexibility index (Phi) is 2.24. The molecule has 0 spiro atoms. The minimum absolute atomic E-state index is 0.347. The summed E-state index contributed by atoms with van der Waals surface area (Å²) in [7, 11) is 0. The van der Waals surface area contributed by atoms with Gasteiger partial charge in [0.05, 0.1) is 18.2 Å². The van der Waals surface area contributed by atoms with Crippen molar-refractivity contribution in [2.75, 3.05) is 0 Å². The molecule has 0 saturated carbocycles. The van der Waals surface area contributed by atoms with E-state index in [0.717, 1.165) is 17.1 Å². The molecule has 4 nitrogen and oxygen atoms in total. The zero-order chi connectivity index (χ0) is 9.80. The van der Waals surface area contributed by atoms with E-state index in [-0.39, 0.29) is 0 Å². The second-order valence-electron chi connectivity index (χ2n) is 2.83. The van der Waals surface area contributed by atoms with Gasteiger partial charge in [-0.1, -0.05) is 6.07 Å². The van der Waals surface area contributed by atoms with E-state index in [2.05, 4.69) is 21.3 Å². The molecule has 0 aliphatic carbocycles. The van der Waals surface area contributed by atoms with Crippen molar-refractivity contribution < 1.29 is 0 Å². The fraction of sp³-hybridized carbons (Fsp3) is 0.100. The third-order valence-corrected chi connectivity index (χ3v) is 1.83. The molecular formula is C10H8N4. The van der Waals surface area contributed by atoms with Gasteiger partial charge in [0.15, 0.2) is 0 Å². The van der Waals surface area contributed by atoms with Gasteiger partial charge in [-0.2, -0.15) is 10.4 Å². The van der Waals surface area contributed by atoms with Gasteiger partial charge in [-0.05, 0) is 18.2 Å². The largest absolute Gasteiger partial charge is 0.281 e. The van der Waals surface area contributed by atoms with Crippen molar-refractivity contribution in [1.82, 2.24) is 15.2 Å². The summed E-state index contributed by atoms with van der Waals surface area (Å²) in [5, 5.41) is 15.3. The molecule has 2 aromatic rings. The maximum atomic E-state index is 8.49. The third-order valence-electron chi connectivity index (χ3n) is 1.83. The summed E-state index contributed by atoms with van der Waals surface area (Å²) in [6.45, 7) is 0. The van der Waals surface area contributed by atoms with Crippen LogP contribution in [0.25, 0.3) is 11.4 Å². The number of hydrogen-bond acceptors (Lipinski definition) is 3. The standard InChI is InChI=1S/C10H8N4/c11-5-4-8-7-10(14-13-8)9-3-1-2-6-12-9/h1-3,6-7H,4H2,(H,13,14). The van der Waals surface area contributed by atoms with Gasteiger partial charge in [0.25, 0.3) is 0 Å². The summed E-state index contributed by atoms with van der Waals surface area (Å²) in [5.74, 6) is 0. The Balaban J connectivity index is 2.31. The predicted molar refractivity (Wildman–Crippen MR) is 51.1 cm³/mol. The highest BCUT2D eigenvalue weighted by molar-refractivity contribution is 5.53. The van der Waals surface area contributed by atoms with Gasteiger partial charge >= 0.3 is 0 Å². The van der Waals surface area contributed by atoms with Crippen LogP contribution in [0.15, 0.2) is 30.5 Å². The lowest BCUT2D eigenvalue weighted by Gasteiger charge is -1.91. The lowest BCUT2D eigenvalue weighted by molar-refractivity contribution is 1.01. The highest BCUT2D eigenvalue weighted by Gasteiger charge is 2.03. The number of pyridine rings is 1. The molecule has 0 aromatic carbocycles. The molecule has 0 fully saturated rings. The van der Waals surface area contributed by atoms with Crippen LogP contribution in [0.4, 0.5) is 0 Å². The third kappa shape index (κ3) is 1.62. The second kappa shape index (κ2) is 3.71. The number of H-pyrrole nitrogens is 1. The van der Waals surface area contributed by atoms with Crippen LogP contribution in [0.5, 0.6) is 0 Å². The normalized spacial score (nSPS) is 9.64. The summed E-state index contributed by atoms with van der Waals surface area (Å²) < 4.78 is 0. The Hall–Kier alpha value is -2.15. The van der Waals surface area contributed by atoms with Crippen LogP contribution in [-0.4, -0.2) is 15.2 Å². The summed E-state index contributed by atoms with van der Waals surface area (Å²) >= 11 is 0. The summed E-state index contributed by atoms with van der Waals surface area (Å²) in [6.07, 6.45) is 2.06. The molecular weight excluding hydrogens is 176 g/mol. The van der Waals surface area contributed by atoms with Crippen molar-refractivity contribution in [2.24, 2.45) is 0 Å². The molecule has 68 valence electrons. The molecule has 0 atom stereocenters. The van der Waals surface area contributed by atoms with Gasteiger partial charge in [-0.25, -0.2) is 0 Å². The van der Waals surface area contributed by atoms with Gasteiger partial charge in [-0.15, -0.1) is 0 Å². The van der Waals surface area contributed by atoms with Crippen LogP contribution < -0.4 is 0 Å². The number of hydrogen-bond donors (Lipinski definition) is 1. The van der Waals surface area contributed by atoms with E-state index in [4.69, 9.17) is 5.26 Å². The Bertz CT molecular complexity index is 452. The van der Waals surface area contributed by atoms with E-state index in [1.54, 1.807) is 6.20 Å². The van der Waals surface area contributed by atoms with Crippen LogP contribution in [0.1, 0.15) is 5.69 Å². The first-order valence-electron chi connectivity index (χ1n) is 4.23. The molecule has 0 bridgehead atoms. The monoisotopic (exact) mass is 184 g/mol. The number of nitrogens with one attached hydrogen (secondary N) is 1. The Morgan fingerprint density at radius 3 is 3.00 bits per heavy atom. The fourth-order valence-electron chi connectivity index (χ4n) is 1.18. The Morgan fingerprint density at radius 1 is 1.36 bits per heavy atom. The van der Waals surface area contributed by atoms with E-state index in [1.807, 2.05) is 24.3 Å². The molecule has 4 heteroatoms. The van der Waals surface area contributed by atoms with Crippen molar-refractivity contribution in [3.05, 3.63) is 36.2 Å². The maximum Gasteiger partial charge on any atom is 0.111 e. The quantitative estimate of drug-likeness (QED) is 0.769. The average molecular weight is 184 g/mol. The van der Waals surface area contributed by atoms with Crippen LogP contribution in [-0.2, 0) is 6.42 Å². The molecule has 0 aliphatic rings. The predicted octanol–water partition coefficient (Wildman–Crippen LogP) is 1.54. The highest BCUT2D eigenvalue weighted by Crippen LogP contribution is 2.13. The smallest absolute Gasteiger partial charge is 0.111 e.